The molecule has 2 N–H and O–H groups in total. The molecule has 1 aliphatic rings. The Bertz CT molecular complexity index is 514. The van der Waals surface area contributed by atoms with Gasteiger partial charge in [-0.2, -0.15) is 0 Å². The van der Waals surface area contributed by atoms with E-state index < -0.39 is 0 Å². The molecule has 0 amide bonds. The van der Waals surface area contributed by atoms with Crippen LogP contribution < -0.4 is 15.5 Å². The maximum Gasteiger partial charge on any atom is 0.191 e. The molecule has 0 aromatic carbocycles. The van der Waals surface area contributed by atoms with Crippen molar-refractivity contribution in [3.8, 4) is 0 Å². The third kappa shape index (κ3) is 5.56. The van der Waals surface area contributed by atoms with Crippen LogP contribution in [0.1, 0.15) is 19.4 Å². The average molecular weight is 317 g/mol. The Hall–Kier alpha value is -2.08. The molecule has 23 heavy (non-hydrogen) atoms. The zero-order valence-electron chi connectivity index (χ0n) is 14.1. The summed E-state index contributed by atoms with van der Waals surface area (Å²) in [6.07, 6.45) is 3.97. The van der Waals surface area contributed by atoms with E-state index in [1.807, 2.05) is 19.2 Å². The molecule has 1 aromatic heterocycles. The van der Waals surface area contributed by atoms with E-state index in [1.54, 1.807) is 0 Å². The molecule has 0 aliphatic carbocycles. The number of nitrogens with one attached hydrogen (secondary N) is 2. The van der Waals surface area contributed by atoms with Gasteiger partial charge in [-0.25, -0.2) is 9.98 Å². The number of hydrogen-bond donors (Lipinski definition) is 2. The van der Waals surface area contributed by atoms with Crippen molar-refractivity contribution in [2.45, 2.75) is 26.5 Å². The smallest absolute Gasteiger partial charge is 0.191 e. The molecule has 0 spiro atoms. The Labute approximate surface area is 138 Å². The minimum absolute atomic E-state index is 0.258. The minimum atomic E-state index is 0.258. The van der Waals surface area contributed by atoms with E-state index in [2.05, 4.69) is 51.1 Å². The number of guanidine groups is 1. The summed E-state index contributed by atoms with van der Waals surface area (Å²) in [7, 11) is 0. The second-order valence-corrected chi connectivity index (χ2v) is 5.52. The Balaban J connectivity index is 1.94. The van der Waals surface area contributed by atoms with Crippen molar-refractivity contribution >= 4 is 11.8 Å². The number of morpholine rings is 1. The maximum atomic E-state index is 5.57. The maximum absolute atomic E-state index is 5.57. The second kappa shape index (κ2) is 9.15. The SMILES string of the molecule is C=CCNC(=NCc1ccc(N2CCOC(C)C2)nc1)NCC. The van der Waals surface area contributed by atoms with Gasteiger partial charge in [0.1, 0.15) is 5.82 Å². The summed E-state index contributed by atoms with van der Waals surface area (Å²) in [5, 5.41) is 6.39. The quantitative estimate of drug-likeness (QED) is 0.473. The molecule has 2 heterocycles. The molecule has 1 atom stereocenters. The standard InChI is InChI=1S/C17H27N5O/c1-4-8-19-17(18-5-2)21-12-15-6-7-16(20-11-15)22-9-10-23-14(3)13-22/h4,6-7,11,14H,1,5,8-10,12-13H2,2-3H3,(H2,18,19,21). The van der Waals surface area contributed by atoms with E-state index in [9.17, 15) is 0 Å². The summed E-state index contributed by atoms with van der Waals surface area (Å²) in [4.78, 5) is 11.4. The predicted molar refractivity (Wildman–Crippen MR) is 94.9 cm³/mol. The number of rotatable bonds is 6. The molecule has 0 radical (unpaired) electrons. The van der Waals surface area contributed by atoms with Crippen molar-refractivity contribution in [3.05, 3.63) is 36.5 Å². The van der Waals surface area contributed by atoms with Crippen LogP contribution in [0.4, 0.5) is 5.82 Å². The molecule has 126 valence electrons. The van der Waals surface area contributed by atoms with E-state index in [0.29, 0.717) is 13.1 Å². The van der Waals surface area contributed by atoms with E-state index in [0.717, 1.165) is 43.6 Å². The van der Waals surface area contributed by atoms with Crippen molar-refractivity contribution in [3.63, 3.8) is 0 Å². The van der Waals surface area contributed by atoms with Crippen LogP contribution in [0.3, 0.4) is 0 Å². The van der Waals surface area contributed by atoms with Crippen LogP contribution >= 0.6 is 0 Å². The fourth-order valence-corrected chi connectivity index (χ4v) is 2.40. The number of hydrogen-bond acceptors (Lipinski definition) is 4. The molecule has 1 unspecified atom stereocenters. The Morgan fingerprint density at radius 1 is 1.52 bits per heavy atom. The average Bonchev–Trinajstić information content (AvgIpc) is 2.58. The topological polar surface area (TPSA) is 61.8 Å². The molecule has 1 aromatic rings. The summed E-state index contributed by atoms with van der Waals surface area (Å²) < 4.78 is 5.57. The fraction of sp³-hybridized carbons (Fsp3) is 0.529. The number of aromatic nitrogens is 1. The first-order chi connectivity index (χ1) is 11.2. The van der Waals surface area contributed by atoms with E-state index in [-0.39, 0.29) is 6.10 Å². The molecule has 0 saturated carbocycles. The number of aliphatic imine (C=N–C) groups is 1. The first-order valence-corrected chi connectivity index (χ1v) is 8.17. The first kappa shape index (κ1) is 17.3. The van der Waals surface area contributed by atoms with Crippen molar-refractivity contribution in [1.82, 2.24) is 15.6 Å². The number of ether oxygens (including phenoxy) is 1. The van der Waals surface area contributed by atoms with Gasteiger partial charge in [0, 0.05) is 32.4 Å². The Morgan fingerprint density at radius 3 is 3.04 bits per heavy atom. The van der Waals surface area contributed by atoms with Gasteiger partial charge in [-0.05, 0) is 25.5 Å². The van der Waals surface area contributed by atoms with Gasteiger partial charge in [-0.15, -0.1) is 6.58 Å². The summed E-state index contributed by atoms with van der Waals surface area (Å²) in [6, 6.07) is 4.15. The highest BCUT2D eigenvalue weighted by molar-refractivity contribution is 5.79. The van der Waals surface area contributed by atoms with Crippen LogP contribution in [-0.2, 0) is 11.3 Å². The van der Waals surface area contributed by atoms with Gasteiger partial charge in [0.2, 0.25) is 0 Å². The van der Waals surface area contributed by atoms with Crippen LogP contribution in [-0.4, -0.2) is 49.8 Å². The number of nitrogens with zero attached hydrogens (tertiary/aromatic N) is 3. The highest BCUT2D eigenvalue weighted by atomic mass is 16.5. The lowest BCUT2D eigenvalue weighted by Gasteiger charge is -2.32. The molecule has 1 saturated heterocycles. The van der Waals surface area contributed by atoms with Gasteiger partial charge in [-0.3, -0.25) is 0 Å². The van der Waals surface area contributed by atoms with Crippen LogP contribution in [0.2, 0.25) is 0 Å². The fourth-order valence-electron chi connectivity index (χ4n) is 2.40. The van der Waals surface area contributed by atoms with Gasteiger partial charge in [0.15, 0.2) is 5.96 Å². The second-order valence-electron chi connectivity index (χ2n) is 5.52. The highest BCUT2D eigenvalue weighted by Crippen LogP contribution is 2.15. The molecule has 6 heteroatoms. The van der Waals surface area contributed by atoms with Gasteiger partial charge in [-0.1, -0.05) is 12.1 Å². The number of anilines is 1. The largest absolute Gasteiger partial charge is 0.375 e. The predicted octanol–water partition coefficient (Wildman–Crippen LogP) is 1.55. The van der Waals surface area contributed by atoms with Crippen LogP contribution in [0.15, 0.2) is 36.0 Å². The Morgan fingerprint density at radius 2 is 2.39 bits per heavy atom. The highest BCUT2D eigenvalue weighted by Gasteiger charge is 2.17. The molecule has 1 fully saturated rings. The van der Waals surface area contributed by atoms with Crippen LogP contribution in [0.5, 0.6) is 0 Å². The van der Waals surface area contributed by atoms with Gasteiger partial charge in [0.25, 0.3) is 0 Å². The molecule has 6 nitrogen and oxygen atoms in total. The van der Waals surface area contributed by atoms with Crippen LogP contribution in [0.25, 0.3) is 0 Å². The zero-order valence-corrected chi connectivity index (χ0v) is 14.1. The summed E-state index contributed by atoms with van der Waals surface area (Å²) in [5.41, 5.74) is 1.09. The molecule has 2 rings (SSSR count). The van der Waals surface area contributed by atoms with Gasteiger partial charge in [0.05, 0.1) is 19.3 Å². The monoisotopic (exact) mass is 317 g/mol. The van der Waals surface area contributed by atoms with Crippen molar-refractivity contribution in [2.75, 3.05) is 37.7 Å². The van der Waals surface area contributed by atoms with Crippen molar-refractivity contribution in [2.24, 2.45) is 4.99 Å². The van der Waals surface area contributed by atoms with E-state index in [4.69, 9.17) is 4.74 Å². The first-order valence-electron chi connectivity index (χ1n) is 8.17. The number of pyridine rings is 1. The lowest BCUT2D eigenvalue weighted by atomic mass is 10.2. The summed E-state index contributed by atoms with van der Waals surface area (Å²) >= 11 is 0. The van der Waals surface area contributed by atoms with Crippen molar-refractivity contribution < 1.29 is 4.74 Å². The van der Waals surface area contributed by atoms with E-state index >= 15 is 0 Å². The lowest BCUT2D eigenvalue weighted by Crippen LogP contribution is -2.41. The lowest BCUT2D eigenvalue weighted by molar-refractivity contribution is 0.0529. The third-order valence-corrected chi connectivity index (χ3v) is 3.55. The normalized spacial score (nSPS) is 18.6. The molecular weight excluding hydrogens is 290 g/mol. The molecular formula is C17H27N5O. The van der Waals surface area contributed by atoms with Crippen molar-refractivity contribution in [1.29, 1.82) is 0 Å². The zero-order chi connectivity index (χ0) is 16.5. The van der Waals surface area contributed by atoms with Gasteiger partial charge < -0.3 is 20.3 Å². The van der Waals surface area contributed by atoms with Crippen LogP contribution in [0, 0.1) is 0 Å². The third-order valence-electron chi connectivity index (χ3n) is 3.55. The molecule has 0 bridgehead atoms. The Kier molecular flexibility index (Phi) is 6.87. The summed E-state index contributed by atoms with van der Waals surface area (Å²) in [6.45, 7) is 12.5. The minimum Gasteiger partial charge on any atom is -0.375 e. The summed E-state index contributed by atoms with van der Waals surface area (Å²) in [5.74, 6) is 1.79. The van der Waals surface area contributed by atoms with Gasteiger partial charge >= 0.3 is 0 Å². The van der Waals surface area contributed by atoms with E-state index in [1.165, 1.54) is 0 Å². The molecule has 1 aliphatic heterocycles.